The second-order valence-corrected chi connectivity index (χ2v) is 10.7. The number of hydrogen-bond donors (Lipinski definition) is 4. The lowest BCUT2D eigenvalue weighted by Crippen LogP contribution is -2.56. The maximum absolute atomic E-state index is 12.7. The molecule has 1 atom stereocenters. The first-order chi connectivity index (χ1) is 15.3. The summed E-state index contributed by atoms with van der Waals surface area (Å²) in [5.41, 5.74) is 6.26. The molecule has 4 saturated carbocycles. The smallest absolute Gasteiger partial charge is 0.315 e. The number of hydrogen-bond acceptors (Lipinski definition) is 3. The third-order valence-electron chi connectivity index (χ3n) is 7.56. The van der Waals surface area contributed by atoms with E-state index in [1.807, 2.05) is 44.2 Å². The summed E-state index contributed by atoms with van der Waals surface area (Å²) in [5, 5.41) is 5.50. The number of hydrazine groups is 1. The molecule has 0 saturated heterocycles. The first kappa shape index (κ1) is 22.6. The summed E-state index contributed by atoms with van der Waals surface area (Å²) >= 11 is 0. The van der Waals surface area contributed by atoms with E-state index in [9.17, 15) is 14.4 Å². The molecule has 32 heavy (non-hydrogen) atoms. The Balaban J connectivity index is 1.24. The topological polar surface area (TPSA) is 99.3 Å². The van der Waals surface area contributed by atoms with Gasteiger partial charge in [-0.05, 0) is 73.2 Å². The number of carbonyl (C=O) groups is 3. The van der Waals surface area contributed by atoms with Crippen LogP contribution in [0.5, 0.6) is 0 Å². The minimum atomic E-state index is -0.745. The average molecular weight is 441 g/mol. The van der Waals surface area contributed by atoms with Crippen LogP contribution in [0.4, 0.5) is 4.79 Å². The van der Waals surface area contributed by atoms with Crippen LogP contribution in [0, 0.1) is 29.1 Å². The maximum Gasteiger partial charge on any atom is 0.315 e. The first-order valence-electron chi connectivity index (χ1n) is 12.0. The highest BCUT2D eigenvalue weighted by molar-refractivity contribution is 5.89. The number of rotatable bonds is 7. The average Bonchev–Trinajstić information content (AvgIpc) is 2.73. The quantitative estimate of drug-likeness (QED) is 0.490. The van der Waals surface area contributed by atoms with Crippen molar-refractivity contribution >= 4 is 17.8 Å². The van der Waals surface area contributed by atoms with E-state index >= 15 is 0 Å². The van der Waals surface area contributed by atoms with E-state index in [-0.39, 0.29) is 17.2 Å². The predicted molar refractivity (Wildman–Crippen MR) is 122 cm³/mol. The van der Waals surface area contributed by atoms with Crippen LogP contribution in [0.3, 0.4) is 0 Å². The number of carbonyl (C=O) groups excluding carboxylic acids is 3. The van der Waals surface area contributed by atoms with Crippen molar-refractivity contribution in [1.82, 2.24) is 21.5 Å². The molecule has 4 aliphatic carbocycles. The molecule has 7 nitrogen and oxygen atoms in total. The standard InChI is InChI=1S/C25H36N4O3/c1-16(2)22(27-24(32)26-15-17-6-4-3-5-7-17)23(31)29-28-21(30)14-25-11-18-8-19(12-25)10-20(9-18)13-25/h3-7,16,18-20,22H,8-15H2,1-2H3,(H,28,30)(H,29,31)(H2,26,27,32). The van der Waals surface area contributed by atoms with Crippen LogP contribution < -0.4 is 21.5 Å². The largest absolute Gasteiger partial charge is 0.334 e. The zero-order valence-corrected chi connectivity index (χ0v) is 19.2. The summed E-state index contributed by atoms with van der Waals surface area (Å²) in [7, 11) is 0. The molecule has 174 valence electrons. The summed E-state index contributed by atoms with van der Waals surface area (Å²) < 4.78 is 0. The lowest BCUT2D eigenvalue weighted by atomic mass is 9.49. The molecule has 4 fully saturated rings. The van der Waals surface area contributed by atoms with Crippen molar-refractivity contribution in [1.29, 1.82) is 0 Å². The SMILES string of the molecule is CC(C)C(NC(=O)NCc1ccccc1)C(=O)NNC(=O)CC12CC3CC(CC(C3)C1)C2. The highest BCUT2D eigenvalue weighted by Gasteiger charge is 2.51. The van der Waals surface area contributed by atoms with Crippen molar-refractivity contribution in [2.75, 3.05) is 0 Å². The van der Waals surface area contributed by atoms with Gasteiger partial charge in [0.15, 0.2) is 0 Å². The van der Waals surface area contributed by atoms with E-state index in [4.69, 9.17) is 0 Å². The summed E-state index contributed by atoms with van der Waals surface area (Å²) in [4.78, 5) is 37.7. The second-order valence-electron chi connectivity index (χ2n) is 10.7. The highest BCUT2D eigenvalue weighted by Crippen LogP contribution is 2.61. The Bertz CT molecular complexity index is 804. The van der Waals surface area contributed by atoms with Gasteiger partial charge in [0.1, 0.15) is 6.04 Å². The Labute approximate surface area is 190 Å². The van der Waals surface area contributed by atoms with Crippen molar-refractivity contribution in [3.63, 3.8) is 0 Å². The van der Waals surface area contributed by atoms with Crippen molar-refractivity contribution in [3.05, 3.63) is 35.9 Å². The van der Waals surface area contributed by atoms with Crippen LogP contribution in [0.2, 0.25) is 0 Å². The van der Waals surface area contributed by atoms with Crippen molar-refractivity contribution in [3.8, 4) is 0 Å². The predicted octanol–water partition coefficient (Wildman–Crippen LogP) is 3.26. The Kier molecular flexibility index (Phi) is 6.72. The molecule has 4 amide bonds. The van der Waals surface area contributed by atoms with E-state index in [1.54, 1.807) is 0 Å². The number of urea groups is 1. The molecule has 1 aromatic rings. The Morgan fingerprint density at radius 1 is 0.938 bits per heavy atom. The van der Waals surface area contributed by atoms with Crippen LogP contribution in [0.25, 0.3) is 0 Å². The Hall–Kier alpha value is -2.57. The minimum absolute atomic E-state index is 0.122. The summed E-state index contributed by atoms with van der Waals surface area (Å²) in [6.07, 6.45) is 7.95. The molecule has 0 spiro atoms. The lowest BCUT2D eigenvalue weighted by Gasteiger charge is -2.56. The van der Waals surface area contributed by atoms with E-state index in [2.05, 4.69) is 21.5 Å². The van der Waals surface area contributed by atoms with Crippen molar-refractivity contribution in [2.45, 2.75) is 71.4 Å². The fraction of sp³-hybridized carbons (Fsp3) is 0.640. The molecule has 4 bridgehead atoms. The second kappa shape index (κ2) is 9.51. The van der Waals surface area contributed by atoms with Crippen LogP contribution in [-0.2, 0) is 16.1 Å². The molecule has 0 aromatic heterocycles. The third kappa shape index (κ3) is 5.43. The van der Waals surface area contributed by atoms with E-state index in [0.29, 0.717) is 13.0 Å². The van der Waals surface area contributed by atoms with E-state index in [1.165, 1.54) is 19.3 Å². The van der Waals surface area contributed by atoms with Gasteiger partial charge in [-0.25, -0.2) is 4.79 Å². The normalized spacial score (nSPS) is 28.8. The van der Waals surface area contributed by atoms with Gasteiger partial charge in [-0.15, -0.1) is 0 Å². The Morgan fingerprint density at radius 3 is 2.09 bits per heavy atom. The lowest BCUT2D eigenvalue weighted by molar-refractivity contribution is -0.135. The fourth-order valence-electron chi connectivity index (χ4n) is 6.61. The van der Waals surface area contributed by atoms with Crippen LogP contribution in [0.15, 0.2) is 30.3 Å². The first-order valence-corrected chi connectivity index (χ1v) is 12.0. The van der Waals surface area contributed by atoms with Crippen LogP contribution >= 0.6 is 0 Å². The number of amides is 4. The Morgan fingerprint density at radius 2 is 1.53 bits per heavy atom. The number of benzene rings is 1. The van der Waals surface area contributed by atoms with Crippen molar-refractivity contribution in [2.24, 2.45) is 29.1 Å². The van der Waals surface area contributed by atoms with Gasteiger partial charge in [0.05, 0.1) is 0 Å². The summed E-state index contributed by atoms with van der Waals surface area (Å²) in [6, 6.07) is 8.42. The molecular formula is C25H36N4O3. The maximum atomic E-state index is 12.7. The fourth-order valence-corrected chi connectivity index (χ4v) is 6.61. The monoisotopic (exact) mass is 440 g/mol. The van der Waals surface area contributed by atoms with Gasteiger partial charge in [0, 0.05) is 13.0 Å². The summed E-state index contributed by atoms with van der Waals surface area (Å²) in [5.74, 6) is 1.69. The molecule has 1 aromatic carbocycles. The minimum Gasteiger partial charge on any atom is -0.334 e. The van der Waals surface area contributed by atoms with E-state index < -0.39 is 18.0 Å². The molecule has 0 heterocycles. The highest BCUT2D eigenvalue weighted by atomic mass is 16.2. The van der Waals surface area contributed by atoms with Crippen molar-refractivity contribution < 1.29 is 14.4 Å². The van der Waals surface area contributed by atoms with Gasteiger partial charge >= 0.3 is 6.03 Å². The zero-order valence-electron chi connectivity index (χ0n) is 19.2. The van der Waals surface area contributed by atoms with Gasteiger partial charge in [0.25, 0.3) is 5.91 Å². The van der Waals surface area contributed by atoms with Gasteiger partial charge < -0.3 is 10.6 Å². The molecule has 7 heteroatoms. The van der Waals surface area contributed by atoms with E-state index in [0.717, 1.165) is 42.6 Å². The molecule has 4 N–H and O–H groups in total. The zero-order chi connectivity index (χ0) is 22.7. The molecule has 0 radical (unpaired) electrons. The molecule has 1 unspecified atom stereocenters. The molecular weight excluding hydrogens is 404 g/mol. The number of nitrogens with one attached hydrogen (secondary N) is 4. The third-order valence-corrected chi connectivity index (χ3v) is 7.56. The van der Waals surface area contributed by atoms with Gasteiger partial charge in [-0.1, -0.05) is 44.2 Å². The molecule has 0 aliphatic heterocycles. The molecule has 4 aliphatic rings. The summed E-state index contributed by atoms with van der Waals surface area (Å²) in [6.45, 7) is 4.10. The van der Waals surface area contributed by atoms with Crippen LogP contribution in [-0.4, -0.2) is 23.9 Å². The van der Waals surface area contributed by atoms with Gasteiger partial charge in [-0.2, -0.15) is 0 Å². The van der Waals surface area contributed by atoms with Gasteiger partial charge in [0.2, 0.25) is 5.91 Å². The molecule has 5 rings (SSSR count). The van der Waals surface area contributed by atoms with Gasteiger partial charge in [-0.3, -0.25) is 20.4 Å². The van der Waals surface area contributed by atoms with Crippen LogP contribution in [0.1, 0.15) is 64.4 Å².